The first-order chi connectivity index (χ1) is 15.1. The van der Waals surface area contributed by atoms with Crippen LogP contribution < -0.4 is 5.32 Å². The third-order valence-corrected chi connectivity index (χ3v) is 5.83. The van der Waals surface area contributed by atoms with Crippen LogP contribution in [0, 0.1) is 5.92 Å². The Hall–Kier alpha value is -2.87. The van der Waals surface area contributed by atoms with Gasteiger partial charge in [0.25, 0.3) is 0 Å². The molecule has 0 saturated carbocycles. The van der Waals surface area contributed by atoms with Gasteiger partial charge >= 0.3 is 0 Å². The number of guanidine groups is 1. The summed E-state index contributed by atoms with van der Waals surface area (Å²) >= 11 is 6.05. The van der Waals surface area contributed by atoms with Gasteiger partial charge in [-0.05, 0) is 31.4 Å². The Labute approximate surface area is 187 Å². The lowest BCUT2D eigenvalue weighted by Gasteiger charge is -2.39. The van der Waals surface area contributed by atoms with Gasteiger partial charge in [0.1, 0.15) is 0 Å². The van der Waals surface area contributed by atoms with Crippen molar-refractivity contribution in [2.24, 2.45) is 10.9 Å². The van der Waals surface area contributed by atoms with Crippen LogP contribution in [0.15, 0.2) is 52.5 Å². The van der Waals surface area contributed by atoms with E-state index in [9.17, 15) is 0 Å². The molecule has 2 aromatic heterocycles. The zero-order chi connectivity index (χ0) is 21.6. The molecule has 2 atom stereocenters. The van der Waals surface area contributed by atoms with Crippen molar-refractivity contribution in [3.05, 3.63) is 53.9 Å². The fourth-order valence-electron chi connectivity index (χ4n) is 3.88. The van der Waals surface area contributed by atoms with E-state index in [1.54, 1.807) is 0 Å². The van der Waals surface area contributed by atoms with Gasteiger partial charge in [-0.25, -0.2) is 4.98 Å². The molecule has 9 heteroatoms. The standard InChI is InChI=1S/C22H28ClN7O/c1-3-25-22(29-11-8-16(2)19(14-29)30-12-10-24-15-30)26-9-7-20-27-21(28-31-20)17-5-4-6-18(23)13-17/h4-6,10,12-13,15-16,19H,3,7-9,11,14H2,1-2H3,(H,25,26). The van der Waals surface area contributed by atoms with E-state index in [0.29, 0.717) is 41.7 Å². The fraction of sp³-hybridized carbons (Fsp3) is 0.455. The zero-order valence-electron chi connectivity index (χ0n) is 17.9. The van der Waals surface area contributed by atoms with Crippen LogP contribution >= 0.6 is 11.6 Å². The summed E-state index contributed by atoms with van der Waals surface area (Å²) in [6.45, 7) is 7.67. The molecule has 164 valence electrons. The number of hydrogen-bond donors (Lipinski definition) is 1. The highest BCUT2D eigenvalue weighted by atomic mass is 35.5. The highest BCUT2D eigenvalue weighted by Gasteiger charge is 2.28. The van der Waals surface area contributed by atoms with E-state index in [-0.39, 0.29) is 0 Å². The van der Waals surface area contributed by atoms with Gasteiger partial charge < -0.3 is 19.3 Å². The maximum Gasteiger partial charge on any atom is 0.228 e. The Morgan fingerprint density at radius 3 is 3.06 bits per heavy atom. The molecule has 1 N–H and O–H groups in total. The Balaban J connectivity index is 1.40. The topological polar surface area (TPSA) is 84.4 Å². The van der Waals surface area contributed by atoms with Gasteiger partial charge in [0.05, 0.1) is 18.9 Å². The van der Waals surface area contributed by atoms with Crippen LogP contribution in [-0.4, -0.2) is 56.7 Å². The van der Waals surface area contributed by atoms with Gasteiger partial charge in [-0.3, -0.25) is 4.99 Å². The molecule has 0 radical (unpaired) electrons. The van der Waals surface area contributed by atoms with E-state index in [1.807, 2.05) is 43.0 Å². The summed E-state index contributed by atoms with van der Waals surface area (Å²) in [7, 11) is 0. The lowest BCUT2D eigenvalue weighted by Crippen LogP contribution is -2.49. The molecule has 0 bridgehead atoms. The third kappa shape index (κ3) is 5.25. The first-order valence-corrected chi connectivity index (χ1v) is 11.1. The number of rotatable bonds is 6. The van der Waals surface area contributed by atoms with Crippen molar-refractivity contribution in [2.45, 2.75) is 32.7 Å². The van der Waals surface area contributed by atoms with E-state index in [0.717, 1.165) is 37.6 Å². The molecule has 1 aromatic carbocycles. The van der Waals surface area contributed by atoms with Gasteiger partial charge in [0.15, 0.2) is 5.96 Å². The second-order valence-corrected chi connectivity index (χ2v) is 8.23. The van der Waals surface area contributed by atoms with Crippen LogP contribution in [0.1, 0.15) is 32.2 Å². The zero-order valence-corrected chi connectivity index (χ0v) is 18.7. The molecule has 0 spiro atoms. The van der Waals surface area contributed by atoms with Crippen LogP contribution in [0.4, 0.5) is 0 Å². The van der Waals surface area contributed by atoms with E-state index < -0.39 is 0 Å². The Morgan fingerprint density at radius 1 is 1.39 bits per heavy atom. The molecule has 1 saturated heterocycles. The van der Waals surface area contributed by atoms with Gasteiger partial charge in [0, 0.05) is 49.0 Å². The molecule has 0 amide bonds. The molecule has 2 unspecified atom stereocenters. The second-order valence-electron chi connectivity index (χ2n) is 7.80. The maximum atomic E-state index is 6.05. The van der Waals surface area contributed by atoms with Crippen molar-refractivity contribution < 1.29 is 4.52 Å². The summed E-state index contributed by atoms with van der Waals surface area (Å²) in [6, 6.07) is 7.82. The smallest absolute Gasteiger partial charge is 0.228 e. The number of hydrogen-bond acceptors (Lipinski definition) is 5. The summed E-state index contributed by atoms with van der Waals surface area (Å²) in [6.07, 6.45) is 7.48. The number of nitrogens with zero attached hydrogens (tertiary/aromatic N) is 6. The first-order valence-electron chi connectivity index (χ1n) is 10.7. The van der Waals surface area contributed by atoms with Gasteiger partial charge in [-0.15, -0.1) is 0 Å². The number of halogens is 1. The molecule has 3 aromatic rings. The Kier molecular flexibility index (Phi) is 6.86. The second kappa shape index (κ2) is 9.96. The average molecular weight is 442 g/mol. The predicted molar refractivity (Wildman–Crippen MR) is 121 cm³/mol. The van der Waals surface area contributed by atoms with Crippen LogP contribution in [-0.2, 0) is 6.42 Å². The highest BCUT2D eigenvalue weighted by molar-refractivity contribution is 6.30. The van der Waals surface area contributed by atoms with Crippen LogP contribution in [0.2, 0.25) is 5.02 Å². The summed E-state index contributed by atoms with van der Waals surface area (Å²) in [5.41, 5.74) is 0.840. The highest BCUT2D eigenvalue weighted by Crippen LogP contribution is 2.27. The largest absolute Gasteiger partial charge is 0.357 e. The van der Waals surface area contributed by atoms with Crippen molar-refractivity contribution in [2.75, 3.05) is 26.2 Å². The molecule has 0 aliphatic carbocycles. The van der Waals surface area contributed by atoms with E-state index in [4.69, 9.17) is 21.1 Å². The van der Waals surface area contributed by atoms with Gasteiger partial charge in [-0.1, -0.05) is 35.8 Å². The number of benzene rings is 1. The molecule has 1 aliphatic rings. The minimum absolute atomic E-state index is 0.385. The van der Waals surface area contributed by atoms with Crippen molar-refractivity contribution >= 4 is 17.6 Å². The normalized spacial score (nSPS) is 19.6. The molecule has 8 nitrogen and oxygen atoms in total. The fourth-order valence-corrected chi connectivity index (χ4v) is 4.07. The number of piperidine rings is 1. The van der Waals surface area contributed by atoms with Crippen molar-refractivity contribution in [1.82, 2.24) is 29.9 Å². The lowest BCUT2D eigenvalue weighted by molar-refractivity contribution is 0.189. The van der Waals surface area contributed by atoms with Crippen LogP contribution in [0.3, 0.4) is 0 Å². The third-order valence-electron chi connectivity index (χ3n) is 5.60. The van der Waals surface area contributed by atoms with Crippen molar-refractivity contribution in [3.8, 4) is 11.4 Å². The van der Waals surface area contributed by atoms with E-state index >= 15 is 0 Å². The predicted octanol–water partition coefficient (Wildman–Crippen LogP) is 3.68. The molecule has 1 fully saturated rings. The van der Waals surface area contributed by atoms with E-state index in [1.165, 1.54) is 0 Å². The Bertz CT molecular complexity index is 1000. The maximum absolute atomic E-state index is 6.05. The molecule has 31 heavy (non-hydrogen) atoms. The number of imidazole rings is 1. The summed E-state index contributed by atoms with van der Waals surface area (Å²) in [5, 5.41) is 8.14. The number of nitrogens with one attached hydrogen (secondary N) is 1. The first kappa shape index (κ1) is 21.4. The Morgan fingerprint density at radius 2 is 2.29 bits per heavy atom. The summed E-state index contributed by atoms with van der Waals surface area (Å²) < 4.78 is 7.61. The number of likely N-dealkylation sites (tertiary alicyclic amines) is 1. The molecule has 3 heterocycles. The van der Waals surface area contributed by atoms with Crippen molar-refractivity contribution in [1.29, 1.82) is 0 Å². The van der Waals surface area contributed by atoms with Crippen molar-refractivity contribution in [3.63, 3.8) is 0 Å². The molecular weight excluding hydrogens is 414 g/mol. The monoisotopic (exact) mass is 441 g/mol. The van der Waals surface area contributed by atoms with Gasteiger partial charge in [0.2, 0.25) is 11.7 Å². The van der Waals surface area contributed by atoms with Gasteiger partial charge in [-0.2, -0.15) is 4.98 Å². The summed E-state index contributed by atoms with van der Waals surface area (Å²) in [5.74, 6) is 2.63. The molecule has 4 rings (SSSR count). The SMILES string of the molecule is CCNC(=NCCc1nc(-c2cccc(Cl)c2)no1)N1CCC(C)C(n2ccnc2)C1. The minimum Gasteiger partial charge on any atom is -0.357 e. The average Bonchev–Trinajstić information content (AvgIpc) is 3.46. The van der Waals surface area contributed by atoms with Crippen LogP contribution in [0.25, 0.3) is 11.4 Å². The number of aliphatic imine (C=N–C) groups is 1. The lowest BCUT2D eigenvalue weighted by atomic mass is 9.93. The number of aromatic nitrogens is 4. The van der Waals surface area contributed by atoms with Crippen LogP contribution in [0.5, 0.6) is 0 Å². The minimum atomic E-state index is 0.385. The van der Waals surface area contributed by atoms with E-state index in [2.05, 4.69) is 43.8 Å². The molecular formula is C22H28ClN7O. The summed E-state index contributed by atoms with van der Waals surface area (Å²) in [4.78, 5) is 15.9. The quantitative estimate of drug-likeness (QED) is 0.464. The molecule has 1 aliphatic heterocycles.